The topological polar surface area (TPSA) is 78.9 Å². The van der Waals surface area contributed by atoms with Gasteiger partial charge in [0, 0.05) is 19.8 Å². The Bertz CT molecular complexity index is 382. The van der Waals surface area contributed by atoms with Gasteiger partial charge in [-0.15, -0.1) is 0 Å². The van der Waals surface area contributed by atoms with E-state index in [0.717, 1.165) is 0 Å². The van der Waals surface area contributed by atoms with Crippen molar-refractivity contribution < 1.29 is 28.6 Å². The fourth-order valence-electron chi connectivity index (χ4n) is 2.11. The van der Waals surface area contributed by atoms with Gasteiger partial charge < -0.3 is 14.2 Å². The predicted molar refractivity (Wildman–Crippen MR) is 68.5 cm³/mol. The van der Waals surface area contributed by atoms with Crippen LogP contribution in [0, 0.1) is 5.92 Å². The lowest BCUT2D eigenvalue weighted by molar-refractivity contribution is -0.205. The summed E-state index contributed by atoms with van der Waals surface area (Å²) < 4.78 is 15.8. The van der Waals surface area contributed by atoms with Gasteiger partial charge in [-0.25, -0.2) is 0 Å². The largest absolute Gasteiger partial charge is 0.458 e. The standard InChI is InChI=1S/C12H17BrO6/c1-5-9(6(2)14)19-12(13)11(18-8(4)16)10(5)17-7(3)15/h5,9-12H,1-4H3/t5-,9-,10-,11-,12+/m1/s1. The number of carbonyl (C=O) groups excluding carboxylic acids is 3. The Morgan fingerprint density at radius 3 is 1.89 bits per heavy atom. The molecule has 1 aliphatic rings. The molecule has 0 aromatic rings. The summed E-state index contributed by atoms with van der Waals surface area (Å²) in [6.45, 7) is 5.64. The Kier molecular flexibility index (Phi) is 5.49. The molecule has 0 saturated carbocycles. The zero-order chi connectivity index (χ0) is 14.7. The van der Waals surface area contributed by atoms with Crippen molar-refractivity contribution in [2.75, 3.05) is 0 Å². The van der Waals surface area contributed by atoms with Gasteiger partial charge in [0.15, 0.2) is 16.9 Å². The number of ether oxygens (including phenoxy) is 3. The average Bonchev–Trinajstić information content (AvgIpc) is 2.26. The Morgan fingerprint density at radius 2 is 1.47 bits per heavy atom. The van der Waals surface area contributed by atoms with E-state index >= 15 is 0 Å². The Hall–Kier alpha value is -0.950. The summed E-state index contributed by atoms with van der Waals surface area (Å²) in [6.07, 6.45) is -2.22. The zero-order valence-electron chi connectivity index (χ0n) is 11.2. The first-order chi connectivity index (χ1) is 8.73. The molecular formula is C12H17BrO6. The Labute approximate surface area is 119 Å². The molecule has 0 radical (unpaired) electrons. The van der Waals surface area contributed by atoms with E-state index in [1.54, 1.807) is 6.92 Å². The van der Waals surface area contributed by atoms with Gasteiger partial charge in [0.1, 0.15) is 12.2 Å². The average molecular weight is 337 g/mol. The summed E-state index contributed by atoms with van der Waals surface area (Å²) in [5.74, 6) is -1.59. The first-order valence-corrected chi connectivity index (χ1v) is 6.80. The third-order valence-corrected chi connectivity index (χ3v) is 3.60. The molecule has 0 unspecified atom stereocenters. The molecule has 1 aliphatic heterocycles. The molecule has 0 aromatic carbocycles. The molecule has 0 aromatic heterocycles. The van der Waals surface area contributed by atoms with Crippen LogP contribution in [0.25, 0.3) is 0 Å². The first kappa shape index (κ1) is 16.1. The third-order valence-electron chi connectivity index (χ3n) is 2.86. The lowest BCUT2D eigenvalue weighted by Crippen LogP contribution is -2.56. The minimum atomic E-state index is -0.785. The predicted octanol–water partition coefficient (Wildman–Crippen LogP) is 1.19. The second-order valence-corrected chi connectivity index (χ2v) is 5.43. The number of esters is 2. The number of halogens is 1. The van der Waals surface area contributed by atoms with Gasteiger partial charge in [0.05, 0.1) is 0 Å². The van der Waals surface area contributed by atoms with Gasteiger partial charge in [-0.3, -0.25) is 14.4 Å². The van der Waals surface area contributed by atoms with Crippen LogP contribution in [0.4, 0.5) is 0 Å². The first-order valence-electron chi connectivity index (χ1n) is 5.88. The molecule has 1 heterocycles. The van der Waals surface area contributed by atoms with Gasteiger partial charge in [-0.2, -0.15) is 0 Å². The fourth-order valence-corrected chi connectivity index (χ4v) is 2.75. The molecule has 1 rings (SSSR count). The van der Waals surface area contributed by atoms with E-state index in [2.05, 4.69) is 15.9 Å². The minimum absolute atomic E-state index is 0.171. The summed E-state index contributed by atoms with van der Waals surface area (Å²) in [4.78, 5) is 33.8. The summed E-state index contributed by atoms with van der Waals surface area (Å²) >= 11 is 3.21. The zero-order valence-corrected chi connectivity index (χ0v) is 12.8. The summed E-state index contributed by atoms with van der Waals surface area (Å²) in [6, 6.07) is 0. The second kappa shape index (κ2) is 6.47. The van der Waals surface area contributed by atoms with Crippen LogP contribution >= 0.6 is 15.9 Å². The maximum Gasteiger partial charge on any atom is 0.303 e. The highest BCUT2D eigenvalue weighted by atomic mass is 79.9. The number of hydrogen-bond donors (Lipinski definition) is 0. The SMILES string of the molecule is CC(=O)O[C@@H]1[C@H](C)[C@H](C(C)=O)O[C@H](Br)[C@@H]1OC(C)=O. The lowest BCUT2D eigenvalue weighted by Gasteiger charge is -2.41. The molecule has 0 aliphatic carbocycles. The molecule has 0 bridgehead atoms. The number of Topliss-reactive ketones (excluding diaryl/α,β-unsaturated/α-hetero) is 1. The minimum Gasteiger partial charge on any atom is -0.458 e. The van der Waals surface area contributed by atoms with Crippen LogP contribution < -0.4 is 0 Å². The van der Waals surface area contributed by atoms with Crippen LogP contribution in [-0.2, 0) is 28.6 Å². The van der Waals surface area contributed by atoms with Crippen LogP contribution in [0.15, 0.2) is 0 Å². The maximum absolute atomic E-state index is 11.5. The number of hydrogen-bond acceptors (Lipinski definition) is 6. The smallest absolute Gasteiger partial charge is 0.303 e. The molecule has 19 heavy (non-hydrogen) atoms. The van der Waals surface area contributed by atoms with Crippen LogP contribution in [0.3, 0.4) is 0 Å². The Morgan fingerprint density at radius 1 is 1.00 bits per heavy atom. The van der Waals surface area contributed by atoms with Crippen molar-refractivity contribution in [1.82, 2.24) is 0 Å². The van der Waals surface area contributed by atoms with E-state index in [1.165, 1.54) is 20.8 Å². The normalized spacial score (nSPS) is 34.5. The molecule has 0 amide bonds. The van der Waals surface area contributed by atoms with Crippen molar-refractivity contribution in [3.63, 3.8) is 0 Å². The van der Waals surface area contributed by atoms with Gasteiger partial charge in [-0.1, -0.05) is 22.9 Å². The molecule has 0 N–H and O–H groups in total. The quantitative estimate of drug-likeness (QED) is 0.569. The van der Waals surface area contributed by atoms with Crippen LogP contribution in [0.1, 0.15) is 27.7 Å². The molecule has 6 nitrogen and oxygen atoms in total. The Balaban J connectivity index is 2.98. The van der Waals surface area contributed by atoms with Gasteiger partial charge >= 0.3 is 11.9 Å². The molecule has 0 spiro atoms. The number of rotatable bonds is 3. The fraction of sp³-hybridized carbons (Fsp3) is 0.750. The number of alkyl halides is 1. The van der Waals surface area contributed by atoms with Crippen molar-refractivity contribution in [3.8, 4) is 0 Å². The van der Waals surface area contributed by atoms with Crippen molar-refractivity contribution in [2.24, 2.45) is 5.92 Å². The van der Waals surface area contributed by atoms with Crippen molar-refractivity contribution >= 4 is 33.7 Å². The van der Waals surface area contributed by atoms with E-state index < -0.39 is 41.2 Å². The van der Waals surface area contributed by atoms with E-state index in [9.17, 15) is 14.4 Å². The molecule has 7 heteroatoms. The summed E-state index contributed by atoms with van der Waals surface area (Å²) in [5.41, 5.74) is 0. The third kappa shape index (κ3) is 4.01. The van der Waals surface area contributed by atoms with Crippen molar-refractivity contribution in [3.05, 3.63) is 0 Å². The van der Waals surface area contributed by atoms with E-state index in [4.69, 9.17) is 14.2 Å². The molecular weight excluding hydrogens is 320 g/mol. The van der Waals surface area contributed by atoms with Gasteiger partial charge in [0.2, 0.25) is 0 Å². The molecule has 108 valence electrons. The summed E-state index contributed by atoms with van der Waals surface area (Å²) in [5, 5.41) is -0.703. The summed E-state index contributed by atoms with van der Waals surface area (Å²) in [7, 11) is 0. The highest BCUT2D eigenvalue weighted by Crippen LogP contribution is 2.33. The second-order valence-electron chi connectivity index (χ2n) is 4.53. The molecule has 1 fully saturated rings. The van der Waals surface area contributed by atoms with Gasteiger partial charge in [0.25, 0.3) is 0 Å². The van der Waals surface area contributed by atoms with E-state index in [-0.39, 0.29) is 5.78 Å². The van der Waals surface area contributed by atoms with Crippen LogP contribution in [-0.4, -0.2) is 41.0 Å². The lowest BCUT2D eigenvalue weighted by atomic mass is 9.89. The van der Waals surface area contributed by atoms with Crippen molar-refractivity contribution in [1.29, 1.82) is 0 Å². The van der Waals surface area contributed by atoms with E-state index in [0.29, 0.717) is 0 Å². The van der Waals surface area contributed by atoms with Gasteiger partial charge in [-0.05, 0) is 6.92 Å². The number of carbonyl (C=O) groups is 3. The molecule has 5 atom stereocenters. The van der Waals surface area contributed by atoms with Crippen molar-refractivity contribution in [2.45, 2.75) is 51.0 Å². The highest BCUT2D eigenvalue weighted by molar-refractivity contribution is 9.09. The monoisotopic (exact) mass is 336 g/mol. The highest BCUT2D eigenvalue weighted by Gasteiger charge is 2.48. The molecule has 1 saturated heterocycles. The van der Waals surface area contributed by atoms with Crippen LogP contribution in [0.5, 0.6) is 0 Å². The van der Waals surface area contributed by atoms with E-state index in [1.807, 2.05) is 0 Å². The number of ketones is 1. The van der Waals surface area contributed by atoms with Crippen LogP contribution in [0.2, 0.25) is 0 Å². The maximum atomic E-state index is 11.5.